The van der Waals surface area contributed by atoms with E-state index in [1.54, 1.807) is 0 Å². The van der Waals surface area contributed by atoms with Crippen LogP contribution in [-0.2, 0) is 0 Å². The first-order valence-electron chi connectivity index (χ1n) is 6.97. The molecule has 0 aromatic heterocycles. The fourth-order valence-corrected chi connectivity index (χ4v) is 1.96. The Balaban J connectivity index is 2.14. The number of benzene rings is 1. The molecule has 0 aliphatic heterocycles. The molecule has 1 aromatic carbocycles. The third kappa shape index (κ3) is 6.62. The zero-order chi connectivity index (χ0) is 13.1. The number of para-hydroxylation sites is 1. The Morgan fingerprint density at radius 3 is 2.44 bits per heavy atom. The van der Waals surface area contributed by atoms with Gasteiger partial charge in [0.05, 0.1) is 6.61 Å². The van der Waals surface area contributed by atoms with E-state index in [0.717, 1.165) is 51.4 Å². The van der Waals surface area contributed by atoms with E-state index in [0.29, 0.717) is 0 Å². The SMILES string of the molecule is CCCN(CCCN)CCCOc1ccccc1. The molecule has 0 fully saturated rings. The monoisotopic (exact) mass is 250 g/mol. The quantitative estimate of drug-likeness (QED) is 0.648. The van der Waals surface area contributed by atoms with Crippen molar-refractivity contribution in [2.75, 3.05) is 32.8 Å². The summed E-state index contributed by atoms with van der Waals surface area (Å²) in [7, 11) is 0. The minimum absolute atomic E-state index is 0.779. The zero-order valence-electron chi connectivity index (χ0n) is 11.5. The van der Waals surface area contributed by atoms with Gasteiger partial charge in [-0.2, -0.15) is 0 Å². The molecule has 3 nitrogen and oxygen atoms in total. The molecular formula is C15H26N2O. The van der Waals surface area contributed by atoms with Crippen LogP contribution in [0, 0.1) is 0 Å². The van der Waals surface area contributed by atoms with Crippen molar-refractivity contribution in [3.63, 3.8) is 0 Å². The van der Waals surface area contributed by atoms with E-state index >= 15 is 0 Å². The molecule has 0 radical (unpaired) electrons. The molecule has 0 amide bonds. The molecule has 0 atom stereocenters. The highest BCUT2D eigenvalue weighted by Gasteiger charge is 2.02. The second-order valence-electron chi connectivity index (χ2n) is 4.50. The van der Waals surface area contributed by atoms with E-state index < -0.39 is 0 Å². The summed E-state index contributed by atoms with van der Waals surface area (Å²) in [6.07, 6.45) is 3.35. The lowest BCUT2D eigenvalue weighted by Gasteiger charge is -2.21. The lowest BCUT2D eigenvalue weighted by atomic mass is 10.3. The van der Waals surface area contributed by atoms with Crippen LogP contribution >= 0.6 is 0 Å². The van der Waals surface area contributed by atoms with Crippen molar-refractivity contribution in [2.45, 2.75) is 26.2 Å². The Morgan fingerprint density at radius 1 is 1.06 bits per heavy atom. The molecule has 1 rings (SSSR count). The summed E-state index contributed by atoms with van der Waals surface area (Å²) in [5.41, 5.74) is 5.55. The standard InChI is InChI=1S/C15H26N2O/c1-2-11-17(12-6-10-16)13-7-14-18-15-8-4-3-5-9-15/h3-5,8-9H,2,6-7,10-14,16H2,1H3. The molecule has 2 N–H and O–H groups in total. The molecule has 1 aromatic rings. The number of nitrogens with two attached hydrogens (primary N) is 1. The molecule has 0 saturated carbocycles. The predicted molar refractivity (Wildman–Crippen MR) is 77.0 cm³/mol. The van der Waals surface area contributed by atoms with Crippen molar-refractivity contribution < 1.29 is 4.74 Å². The van der Waals surface area contributed by atoms with Crippen molar-refractivity contribution in [1.82, 2.24) is 4.90 Å². The van der Waals surface area contributed by atoms with Gasteiger partial charge in [-0.3, -0.25) is 0 Å². The summed E-state index contributed by atoms with van der Waals surface area (Å²) in [6, 6.07) is 10.00. The number of nitrogens with zero attached hydrogens (tertiary/aromatic N) is 1. The summed E-state index contributed by atoms with van der Waals surface area (Å²) in [6.45, 7) is 7.14. The van der Waals surface area contributed by atoms with Crippen molar-refractivity contribution in [3.05, 3.63) is 30.3 Å². The van der Waals surface area contributed by atoms with E-state index in [1.165, 1.54) is 6.42 Å². The summed E-state index contributed by atoms with van der Waals surface area (Å²) in [4.78, 5) is 2.47. The van der Waals surface area contributed by atoms with Gasteiger partial charge in [-0.1, -0.05) is 25.1 Å². The van der Waals surface area contributed by atoms with E-state index in [2.05, 4.69) is 11.8 Å². The van der Waals surface area contributed by atoms with Crippen molar-refractivity contribution in [3.8, 4) is 5.75 Å². The lowest BCUT2D eigenvalue weighted by Crippen LogP contribution is -2.29. The normalized spacial score (nSPS) is 10.8. The largest absolute Gasteiger partial charge is 0.494 e. The van der Waals surface area contributed by atoms with Crippen LogP contribution < -0.4 is 10.5 Å². The van der Waals surface area contributed by atoms with Gasteiger partial charge in [0.15, 0.2) is 0 Å². The number of ether oxygens (including phenoxy) is 1. The predicted octanol–water partition coefficient (Wildman–Crippen LogP) is 2.52. The number of rotatable bonds is 10. The van der Waals surface area contributed by atoms with Crippen molar-refractivity contribution >= 4 is 0 Å². The minimum Gasteiger partial charge on any atom is -0.494 e. The average molecular weight is 250 g/mol. The topological polar surface area (TPSA) is 38.5 Å². The molecule has 0 saturated heterocycles. The van der Waals surface area contributed by atoms with Crippen LogP contribution in [0.2, 0.25) is 0 Å². The van der Waals surface area contributed by atoms with E-state index in [-0.39, 0.29) is 0 Å². The fourth-order valence-electron chi connectivity index (χ4n) is 1.96. The fraction of sp³-hybridized carbons (Fsp3) is 0.600. The Morgan fingerprint density at radius 2 is 1.78 bits per heavy atom. The third-order valence-corrected chi connectivity index (χ3v) is 2.85. The molecule has 18 heavy (non-hydrogen) atoms. The van der Waals surface area contributed by atoms with Crippen LogP contribution in [-0.4, -0.2) is 37.7 Å². The maximum atomic E-state index is 5.69. The van der Waals surface area contributed by atoms with Crippen LogP contribution in [0.4, 0.5) is 0 Å². The van der Waals surface area contributed by atoms with Gasteiger partial charge in [-0.25, -0.2) is 0 Å². The third-order valence-electron chi connectivity index (χ3n) is 2.85. The molecule has 3 heteroatoms. The van der Waals surface area contributed by atoms with E-state index in [1.807, 2.05) is 30.3 Å². The Bertz CT molecular complexity index is 290. The van der Waals surface area contributed by atoms with Gasteiger partial charge in [0.25, 0.3) is 0 Å². The molecule has 0 aliphatic rings. The van der Waals surface area contributed by atoms with Crippen LogP contribution in [0.15, 0.2) is 30.3 Å². The van der Waals surface area contributed by atoms with E-state index in [4.69, 9.17) is 10.5 Å². The first-order chi connectivity index (χ1) is 8.86. The number of hydrogen-bond donors (Lipinski definition) is 1. The maximum Gasteiger partial charge on any atom is 0.119 e. The van der Waals surface area contributed by atoms with Gasteiger partial charge in [0, 0.05) is 6.54 Å². The zero-order valence-corrected chi connectivity index (χ0v) is 11.5. The first-order valence-corrected chi connectivity index (χ1v) is 6.97. The minimum atomic E-state index is 0.779. The Hall–Kier alpha value is -1.06. The van der Waals surface area contributed by atoms with Gasteiger partial charge >= 0.3 is 0 Å². The van der Waals surface area contributed by atoms with Gasteiger partial charge in [-0.15, -0.1) is 0 Å². The first kappa shape index (κ1) is 15.0. The number of hydrogen-bond acceptors (Lipinski definition) is 3. The molecule has 0 unspecified atom stereocenters. The maximum absolute atomic E-state index is 5.69. The molecule has 102 valence electrons. The van der Waals surface area contributed by atoms with Crippen LogP contribution in [0.3, 0.4) is 0 Å². The summed E-state index contributed by atoms with van der Waals surface area (Å²) in [5, 5.41) is 0. The molecule has 0 spiro atoms. The van der Waals surface area contributed by atoms with Crippen LogP contribution in [0.5, 0.6) is 5.75 Å². The lowest BCUT2D eigenvalue weighted by molar-refractivity contribution is 0.233. The van der Waals surface area contributed by atoms with Crippen molar-refractivity contribution in [2.24, 2.45) is 5.73 Å². The highest BCUT2D eigenvalue weighted by molar-refractivity contribution is 5.20. The van der Waals surface area contributed by atoms with Crippen molar-refractivity contribution in [1.29, 1.82) is 0 Å². The van der Waals surface area contributed by atoms with Gasteiger partial charge in [-0.05, 0) is 51.0 Å². The van der Waals surface area contributed by atoms with Gasteiger partial charge in [0.2, 0.25) is 0 Å². The highest BCUT2D eigenvalue weighted by atomic mass is 16.5. The molecule has 0 bridgehead atoms. The van der Waals surface area contributed by atoms with Crippen LogP contribution in [0.25, 0.3) is 0 Å². The molecule has 0 aliphatic carbocycles. The van der Waals surface area contributed by atoms with Gasteiger partial charge in [0.1, 0.15) is 5.75 Å². The Kier molecular flexibility index (Phi) is 8.26. The molecule has 0 heterocycles. The molecular weight excluding hydrogens is 224 g/mol. The van der Waals surface area contributed by atoms with E-state index in [9.17, 15) is 0 Å². The second-order valence-corrected chi connectivity index (χ2v) is 4.50. The second kappa shape index (κ2) is 9.92. The summed E-state index contributed by atoms with van der Waals surface area (Å²) >= 11 is 0. The summed E-state index contributed by atoms with van der Waals surface area (Å²) in [5.74, 6) is 0.960. The Labute approximate surface area is 111 Å². The smallest absolute Gasteiger partial charge is 0.119 e. The average Bonchev–Trinajstić information content (AvgIpc) is 2.42. The highest BCUT2D eigenvalue weighted by Crippen LogP contribution is 2.08. The summed E-state index contributed by atoms with van der Waals surface area (Å²) < 4.78 is 5.69. The van der Waals surface area contributed by atoms with Gasteiger partial charge < -0.3 is 15.4 Å². The van der Waals surface area contributed by atoms with Crippen LogP contribution in [0.1, 0.15) is 26.2 Å².